The first-order chi connectivity index (χ1) is 10.0. The Labute approximate surface area is 121 Å². The van der Waals surface area contributed by atoms with Gasteiger partial charge in [0, 0.05) is 19.3 Å². The van der Waals surface area contributed by atoms with Crippen LogP contribution in [0.3, 0.4) is 0 Å². The first-order valence-corrected chi connectivity index (χ1v) is 6.67. The summed E-state index contributed by atoms with van der Waals surface area (Å²) in [6.07, 6.45) is 1.57. The van der Waals surface area contributed by atoms with Crippen LogP contribution < -0.4 is 16.0 Å². The second kappa shape index (κ2) is 6.77. The molecule has 0 atom stereocenters. The summed E-state index contributed by atoms with van der Waals surface area (Å²) in [5.74, 6) is -3.22. The number of nitrogens with zero attached hydrogens (tertiary/aromatic N) is 2. The molecule has 1 aromatic rings. The van der Waals surface area contributed by atoms with Crippen LogP contribution in [0.15, 0.2) is 18.3 Å². The summed E-state index contributed by atoms with van der Waals surface area (Å²) in [5.41, 5.74) is 5.21. The minimum atomic E-state index is -3.11. The Balaban J connectivity index is 2.10. The molecule has 1 saturated heterocycles. The highest BCUT2D eigenvalue weighted by molar-refractivity contribution is 5.98. The molecule has 1 amide bonds. The number of hydrogen-bond donors (Lipinski definition) is 2. The molecule has 3 N–H and O–H groups in total. The summed E-state index contributed by atoms with van der Waals surface area (Å²) in [6, 6.07) is 3.16. The first kappa shape index (κ1) is 15.6. The van der Waals surface area contributed by atoms with Crippen molar-refractivity contribution < 1.29 is 18.3 Å². The van der Waals surface area contributed by atoms with Gasteiger partial charge in [-0.15, -0.1) is 0 Å². The monoisotopic (exact) mass is 300 g/mol. The van der Waals surface area contributed by atoms with Crippen molar-refractivity contribution in [1.29, 1.82) is 0 Å². The van der Waals surface area contributed by atoms with Gasteiger partial charge in [0.05, 0.1) is 31.9 Å². The first-order valence-electron chi connectivity index (χ1n) is 6.67. The fourth-order valence-corrected chi connectivity index (χ4v) is 1.98. The van der Waals surface area contributed by atoms with Crippen molar-refractivity contribution in [2.45, 2.75) is 5.92 Å². The molecular formula is C13H18F2N4O2. The van der Waals surface area contributed by atoms with E-state index in [9.17, 15) is 13.6 Å². The van der Waals surface area contributed by atoms with Crippen LogP contribution in [0.25, 0.3) is 0 Å². The Morgan fingerprint density at radius 2 is 2.19 bits per heavy atom. The van der Waals surface area contributed by atoms with Gasteiger partial charge in [-0.05, 0) is 12.1 Å². The molecule has 6 nitrogen and oxygen atoms in total. The highest BCUT2D eigenvalue weighted by Gasteiger charge is 2.28. The predicted molar refractivity (Wildman–Crippen MR) is 73.6 cm³/mol. The summed E-state index contributed by atoms with van der Waals surface area (Å²) in [5, 5.41) is 2.20. The number of carbonyl (C=O) groups is 1. The zero-order valence-corrected chi connectivity index (χ0v) is 11.5. The molecule has 1 aliphatic rings. The molecule has 1 aliphatic heterocycles. The van der Waals surface area contributed by atoms with E-state index in [4.69, 9.17) is 10.5 Å². The molecule has 8 heteroatoms. The molecule has 1 fully saturated rings. The van der Waals surface area contributed by atoms with E-state index in [1.807, 2.05) is 4.90 Å². The Kier molecular flexibility index (Phi) is 5.03. The molecule has 0 aliphatic carbocycles. The quantitative estimate of drug-likeness (QED) is 0.814. The molecule has 0 unspecified atom stereocenters. The average Bonchev–Trinajstić information content (AvgIpc) is 2.53. The second-order valence-corrected chi connectivity index (χ2v) is 4.72. The molecule has 2 rings (SSSR count). The van der Waals surface area contributed by atoms with E-state index in [0.717, 1.165) is 0 Å². The Hall–Kier alpha value is -1.80. The Bertz CT molecular complexity index is 493. The number of amides is 1. The van der Waals surface area contributed by atoms with Crippen LogP contribution in [0.4, 0.5) is 14.6 Å². The molecule has 1 aromatic heterocycles. The van der Waals surface area contributed by atoms with Crippen LogP contribution >= 0.6 is 0 Å². The summed E-state index contributed by atoms with van der Waals surface area (Å²) >= 11 is 0. The number of nitrogens with two attached hydrogens (primary N) is 1. The fourth-order valence-electron chi connectivity index (χ4n) is 1.98. The van der Waals surface area contributed by atoms with Crippen molar-refractivity contribution in [3.63, 3.8) is 0 Å². The molecule has 21 heavy (non-hydrogen) atoms. The standard InChI is InChI=1S/C13H18F2N4O2/c14-13(15,8-16)9-18-12(20)10-2-1-3-17-11(10)19-4-6-21-7-5-19/h1-3H,4-9,16H2,(H,18,20). The van der Waals surface area contributed by atoms with Crippen LogP contribution in [0.2, 0.25) is 0 Å². The third kappa shape index (κ3) is 4.08. The van der Waals surface area contributed by atoms with Crippen LogP contribution in [0.1, 0.15) is 10.4 Å². The van der Waals surface area contributed by atoms with Crippen molar-refractivity contribution in [3.8, 4) is 0 Å². The van der Waals surface area contributed by atoms with Crippen molar-refractivity contribution in [2.75, 3.05) is 44.3 Å². The van der Waals surface area contributed by atoms with E-state index in [-0.39, 0.29) is 5.56 Å². The van der Waals surface area contributed by atoms with Gasteiger partial charge in [0.15, 0.2) is 0 Å². The lowest BCUT2D eigenvalue weighted by Gasteiger charge is -2.29. The fraction of sp³-hybridized carbons (Fsp3) is 0.538. The molecule has 116 valence electrons. The van der Waals surface area contributed by atoms with Gasteiger partial charge in [0.1, 0.15) is 5.82 Å². The number of nitrogens with one attached hydrogen (secondary N) is 1. The molecule has 0 saturated carbocycles. The van der Waals surface area contributed by atoms with Crippen LogP contribution in [0.5, 0.6) is 0 Å². The minimum absolute atomic E-state index is 0.271. The van der Waals surface area contributed by atoms with Crippen molar-refractivity contribution in [2.24, 2.45) is 5.73 Å². The zero-order valence-electron chi connectivity index (χ0n) is 11.5. The lowest BCUT2D eigenvalue weighted by Crippen LogP contribution is -2.42. The number of carbonyl (C=O) groups excluding carboxylic acids is 1. The number of alkyl halides is 2. The molecule has 0 bridgehead atoms. The molecular weight excluding hydrogens is 282 g/mol. The van der Waals surface area contributed by atoms with Gasteiger partial charge in [-0.25, -0.2) is 13.8 Å². The van der Waals surface area contributed by atoms with E-state index in [1.165, 1.54) is 0 Å². The molecule has 0 radical (unpaired) electrons. The average molecular weight is 300 g/mol. The van der Waals surface area contributed by atoms with Crippen molar-refractivity contribution >= 4 is 11.7 Å². The SMILES string of the molecule is NCC(F)(F)CNC(=O)c1cccnc1N1CCOCC1. The Morgan fingerprint density at radius 1 is 1.48 bits per heavy atom. The maximum absolute atomic E-state index is 13.1. The maximum atomic E-state index is 13.1. The summed E-state index contributed by atoms with van der Waals surface area (Å²) in [7, 11) is 0. The second-order valence-electron chi connectivity index (χ2n) is 4.72. The van der Waals surface area contributed by atoms with Gasteiger partial charge in [-0.3, -0.25) is 4.79 Å². The van der Waals surface area contributed by atoms with E-state index >= 15 is 0 Å². The molecule has 0 spiro atoms. The van der Waals surface area contributed by atoms with Gasteiger partial charge < -0.3 is 20.7 Å². The summed E-state index contributed by atoms with van der Waals surface area (Å²) in [6.45, 7) is 0.703. The third-order valence-electron chi connectivity index (χ3n) is 3.15. The third-order valence-corrected chi connectivity index (χ3v) is 3.15. The topological polar surface area (TPSA) is 80.5 Å². The summed E-state index contributed by atoms with van der Waals surface area (Å²) < 4.78 is 31.4. The minimum Gasteiger partial charge on any atom is -0.378 e. The molecule has 2 heterocycles. The number of pyridine rings is 1. The number of aromatic nitrogens is 1. The predicted octanol–water partition coefficient (Wildman–Crippen LogP) is 0.242. The van der Waals surface area contributed by atoms with Crippen molar-refractivity contribution in [3.05, 3.63) is 23.9 Å². The number of morpholine rings is 1. The number of hydrogen-bond acceptors (Lipinski definition) is 5. The van der Waals surface area contributed by atoms with Crippen LogP contribution in [-0.4, -0.2) is 56.2 Å². The normalized spacial score (nSPS) is 15.9. The van der Waals surface area contributed by atoms with E-state index in [0.29, 0.717) is 32.1 Å². The zero-order chi connectivity index (χ0) is 15.3. The van der Waals surface area contributed by atoms with E-state index in [1.54, 1.807) is 18.3 Å². The van der Waals surface area contributed by atoms with Gasteiger partial charge in [-0.2, -0.15) is 0 Å². The highest BCUT2D eigenvalue weighted by atomic mass is 19.3. The van der Waals surface area contributed by atoms with Crippen LogP contribution in [-0.2, 0) is 4.74 Å². The summed E-state index contributed by atoms with van der Waals surface area (Å²) in [4.78, 5) is 18.2. The molecule has 0 aromatic carbocycles. The van der Waals surface area contributed by atoms with E-state index < -0.39 is 24.9 Å². The van der Waals surface area contributed by atoms with E-state index in [2.05, 4.69) is 10.3 Å². The largest absolute Gasteiger partial charge is 0.378 e. The number of ether oxygens (including phenoxy) is 1. The number of rotatable bonds is 5. The number of halogens is 2. The van der Waals surface area contributed by atoms with Gasteiger partial charge in [-0.1, -0.05) is 0 Å². The lowest BCUT2D eigenvalue weighted by atomic mass is 10.2. The van der Waals surface area contributed by atoms with Gasteiger partial charge >= 0.3 is 0 Å². The Morgan fingerprint density at radius 3 is 2.86 bits per heavy atom. The van der Waals surface area contributed by atoms with Crippen molar-refractivity contribution in [1.82, 2.24) is 10.3 Å². The number of anilines is 1. The smallest absolute Gasteiger partial charge is 0.277 e. The highest BCUT2D eigenvalue weighted by Crippen LogP contribution is 2.18. The van der Waals surface area contributed by atoms with Crippen LogP contribution in [0, 0.1) is 0 Å². The van der Waals surface area contributed by atoms with Gasteiger partial charge in [0.25, 0.3) is 11.8 Å². The maximum Gasteiger partial charge on any atom is 0.277 e. The van der Waals surface area contributed by atoms with Gasteiger partial charge in [0.2, 0.25) is 0 Å². The lowest BCUT2D eigenvalue weighted by molar-refractivity contribution is 0.0118.